The summed E-state index contributed by atoms with van der Waals surface area (Å²) in [6.07, 6.45) is 0.542. The van der Waals surface area contributed by atoms with Crippen molar-refractivity contribution in [1.29, 1.82) is 0 Å². The number of alkyl carbamates (subject to hydrolysis) is 1. The summed E-state index contributed by atoms with van der Waals surface area (Å²) in [5.74, 6) is 0. The number of aliphatic hydroxyl groups excluding tert-OH is 1. The van der Waals surface area contributed by atoms with Crippen LogP contribution in [-0.2, 0) is 4.74 Å². The molecule has 0 unspecified atom stereocenters. The second kappa shape index (κ2) is 6.09. The zero-order valence-corrected chi connectivity index (χ0v) is 13.0. The van der Waals surface area contributed by atoms with Gasteiger partial charge in [-0.15, -0.1) is 0 Å². The molecule has 0 radical (unpaired) electrons. The standard InChI is InChI=1S/C14H25N3O4/c1-14(2,3)21-12(19)15-5-4-6-16-8-10-7-11(18)9-17(10)13(16)20/h10-11,18H,4-9H2,1-3H3,(H,15,19)/t10-,11+/m0/s1. The summed E-state index contributed by atoms with van der Waals surface area (Å²) in [5, 5.41) is 12.2. The molecule has 2 aliphatic heterocycles. The fourth-order valence-electron chi connectivity index (χ4n) is 2.77. The zero-order valence-electron chi connectivity index (χ0n) is 13.0. The van der Waals surface area contributed by atoms with Crippen molar-refractivity contribution in [3.05, 3.63) is 0 Å². The number of urea groups is 1. The van der Waals surface area contributed by atoms with Gasteiger partial charge in [0.2, 0.25) is 0 Å². The minimum Gasteiger partial charge on any atom is -0.444 e. The second-order valence-electron chi connectivity index (χ2n) is 6.71. The maximum Gasteiger partial charge on any atom is 0.407 e. The molecular formula is C14H25N3O4. The van der Waals surface area contributed by atoms with Crippen molar-refractivity contribution >= 4 is 12.1 Å². The van der Waals surface area contributed by atoms with Gasteiger partial charge in [0, 0.05) is 26.2 Å². The average molecular weight is 299 g/mol. The molecule has 0 bridgehead atoms. The molecule has 0 aliphatic carbocycles. The summed E-state index contributed by atoms with van der Waals surface area (Å²) in [5.41, 5.74) is -0.499. The van der Waals surface area contributed by atoms with E-state index in [1.165, 1.54) is 0 Å². The normalized spacial score (nSPS) is 25.2. The highest BCUT2D eigenvalue weighted by molar-refractivity contribution is 5.77. The Kier molecular flexibility index (Phi) is 4.61. The number of fused-ring (bicyclic) bond motifs is 1. The number of nitrogens with zero attached hydrogens (tertiary/aromatic N) is 2. The van der Waals surface area contributed by atoms with Gasteiger partial charge in [-0.25, -0.2) is 9.59 Å². The summed E-state index contributed by atoms with van der Waals surface area (Å²) in [4.78, 5) is 27.1. The molecule has 2 N–H and O–H groups in total. The maximum absolute atomic E-state index is 12.1. The first kappa shape index (κ1) is 15.9. The van der Waals surface area contributed by atoms with Crippen LogP contribution < -0.4 is 5.32 Å². The summed E-state index contributed by atoms with van der Waals surface area (Å²) in [7, 11) is 0. The quantitative estimate of drug-likeness (QED) is 0.751. The number of carbonyl (C=O) groups excluding carboxylic acids is 2. The Bertz CT molecular complexity index is 408. The minimum absolute atomic E-state index is 0.00572. The molecule has 0 saturated carbocycles. The maximum atomic E-state index is 12.1. The van der Waals surface area contributed by atoms with Crippen LogP contribution in [0.1, 0.15) is 33.6 Å². The lowest BCUT2D eigenvalue weighted by Crippen LogP contribution is -2.36. The van der Waals surface area contributed by atoms with Crippen molar-refractivity contribution in [2.24, 2.45) is 0 Å². The number of hydrogen-bond donors (Lipinski definition) is 2. The van der Waals surface area contributed by atoms with E-state index in [-0.39, 0.29) is 18.2 Å². The van der Waals surface area contributed by atoms with Gasteiger partial charge in [0.25, 0.3) is 0 Å². The van der Waals surface area contributed by atoms with Gasteiger partial charge in [-0.3, -0.25) is 0 Å². The van der Waals surface area contributed by atoms with Crippen LogP contribution in [0.15, 0.2) is 0 Å². The number of ether oxygens (including phenoxy) is 1. The van der Waals surface area contributed by atoms with E-state index in [0.29, 0.717) is 39.0 Å². The van der Waals surface area contributed by atoms with Crippen molar-refractivity contribution in [3.63, 3.8) is 0 Å². The lowest BCUT2D eigenvalue weighted by atomic mass is 10.2. The molecule has 2 heterocycles. The van der Waals surface area contributed by atoms with Gasteiger partial charge in [-0.1, -0.05) is 0 Å². The van der Waals surface area contributed by atoms with Gasteiger partial charge >= 0.3 is 12.1 Å². The second-order valence-corrected chi connectivity index (χ2v) is 6.71. The van der Waals surface area contributed by atoms with Crippen LogP contribution in [-0.4, -0.2) is 71.0 Å². The summed E-state index contributed by atoms with van der Waals surface area (Å²) in [6, 6.07) is 0.139. The fraction of sp³-hybridized carbons (Fsp3) is 0.857. The molecular weight excluding hydrogens is 274 g/mol. The highest BCUT2D eigenvalue weighted by Crippen LogP contribution is 2.26. The highest BCUT2D eigenvalue weighted by atomic mass is 16.6. The number of rotatable bonds is 4. The van der Waals surface area contributed by atoms with E-state index in [1.807, 2.05) is 20.8 Å². The monoisotopic (exact) mass is 299 g/mol. The van der Waals surface area contributed by atoms with Gasteiger partial charge in [0.05, 0.1) is 12.1 Å². The first-order valence-electron chi connectivity index (χ1n) is 7.47. The molecule has 21 heavy (non-hydrogen) atoms. The number of aliphatic hydroxyl groups is 1. The molecule has 2 rings (SSSR count). The van der Waals surface area contributed by atoms with Gasteiger partial charge < -0.3 is 25.0 Å². The molecule has 2 saturated heterocycles. The van der Waals surface area contributed by atoms with Crippen molar-refractivity contribution in [3.8, 4) is 0 Å². The van der Waals surface area contributed by atoms with Crippen LogP contribution >= 0.6 is 0 Å². The lowest BCUT2D eigenvalue weighted by Gasteiger charge is -2.20. The molecule has 7 nitrogen and oxygen atoms in total. The van der Waals surface area contributed by atoms with E-state index in [2.05, 4.69) is 5.32 Å². The van der Waals surface area contributed by atoms with Gasteiger partial charge in [0.1, 0.15) is 5.60 Å². The van der Waals surface area contributed by atoms with Crippen molar-refractivity contribution in [2.45, 2.75) is 51.4 Å². The number of carbonyl (C=O) groups is 2. The van der Waals surface area contributed by atoms with Crippen LogP contribution in [0.3, 0.4) is 0 Å². The average Bonchev–Trinajstić information content (AvgIpc) is 2.82. The van der Waals surface area contributed by atoms with Crippen molar-refractivity contribution in [2.75, 3.05) is 26.2 Å². The zero-order chi connectivity index (χ0) is 15.6. The molecule has 2 aliphatic rings. The summed E-state index contributed by atoms with van der Waals surface area (Å²) >= 11 is 0. The predicted octanol–water partition coefficient (Wildman–Crippen LogP) is 0.772. The molecule has 120 valence electrons. The SMILES string of the molecule is CC(C)(C)OC(=O)NCCCN1C[C@@H]2C[C@@H](O)CN2C1=O. The molecule has 3 amide bonds. The number of amides is 3. The Hall–Kier alpha value is -1.50. The van der Waals surface area contributed by atoms with E-state index >= 15 is 0 Å². The number of hydrogen-bond acceptors (Lipinski definition) is 4. The van der Waals surface area contributed by atoms with Crippen LogP contribution in [0.2, 0.25) is 0 Å². The van der Waals surface area contributed by atoms with Crippen molar-refractivity contribution in [1.82, 2.24) is 15.1 Å². The Morgan fingerprint density at radius 3 is 2.76 bits per heavy atom. The van der Waals surface area contributed by atoms with E-state index in [0.717, 1.165) is 0 Å². The van der Waals surface area contributed by atoms with Gasteiger partial charge in [-0.05, 0) is 33.6 Å². The molecule has 7 heteroatoms. The van der Waals surface area contributed by atoms with Crippen molar-refractivity contribution < 1.29 is 19.4 Å². The minimum atomic E-state index is -0.499. The van der Waals surface area contributed by atoms with Gasteiger partial charge in [0.15, 0.2) is 0 Å². The molecule has 2 fully saturated rings. The molecule has 2 atom stereocenters. The topological polar surface area (TPSA) is 82.1 Å². The summed E-state index contributed by atoms with van der Waals surface area (Å²) in [6.45, 7) is 7.65. The Morgan fingerprint density at radius 1 is 1.43 bits per heavy atom. The number of nitrogens with one attached hydrogen (secondary N) is 1. The van der Waals surface area contributed by atoms with Crippen LogP contribution in [0, 0.1) is 0 Å². The molecule has 0 aromatic rings. The van der Waals surface area contributed by atoms with E-state index in [4.69, 9.17) is 4.74 Å². The molecule has 0 spiro atoms. The smallest absolute Gasteiger partial charge is 0.407 e. The van der Waals surface area contributed by atoms with Crippen LogP contribution in [0.5, 0.6) is 0 Å². The first-order chi connectivity index (χ1) is 9.76. The van der Waals surface area contributed by atoms with Crippen LogP contribution in [0.4, 0.5) is 9.59 Å². The van der Waals surface area contributed by atoms with E-state index < -0.39 is 11.7 Å². The third-order valence-corrected chi connectivity index (χ3v) is 3.61. The third kappa shape index (κ3) is 4.23. The Balaban J connectivity index is 1.64. The largest absolute Gasteiger partial charge is 0.444 e. The highest BCUT2D eigenvalue weighted by Gasteiger charge is 2.43. The molecule has 0 aromatic heterocycles. The van der Waals surface area contributed by atoms with E-state index in [9.17, 15) is 14.7 Å². The summed E-state index contributed by atoms with van der Waals surface area (Å²) < 4.78 is 5.14. The first-order valence-corrected chi connectivity index (χ1v) is 7.47. The van der Waals surface area contributed by atoms with Gasteiger partial charge in [-0.2, -0.15) is 0 Å². The third-order valence-electron chi connectivity index (χ3n) is 3.61. The predicted molar refractivity (Wildman–Crippen MR) is 76.9 cm³/mol. The fourth-order valence-corrected chi connectivity index (χ4v) is 2.77. The lowest BCUT2D eigenvalue weighted by molar-refractivity contribution is 0.0526. The Morgan fingerprint density at radius 2 is 2.14 bits per heavy atom. The van der Waals surface area contributed by atoms with E-state index in [1.54, 1.807) is 9.80 Å². The van der Waals surface area contributed by atoms with Crippen LogP contribution in [0.25, 0.3) is 0 Å². The Labute approximate surface area is 125 Å². The molecule has 0 aromatic carbocycles.